The molecule has 2 aliphatic heterocycles. The van der Waals surface area contributed by atoms with Gasteiger partial charge in [-0.2, -0.15) is 0 Å². The van der Waals surface area contributed by atoms with Crippen molar-refractivity contribution in [1.29, 1.82) is 0 Å². The third-order valence-electron chi connectivity index (χ3n) is 5.66. The lowest BCUT2D eigenvalue weighted by Crippen LogP contribution is -2.39. The first kappa shape index (κ1) is 17.5. The molecule has 2 aromatic heterocycles. The minimum atomic E-state index is 0.0548. The van der Waals surface area contributed by atoms with Crippen LogP contribution in [0.5, 0.6) is 0 Å². The molecule has 0 bridgehead atoms. The summed E-state index contributed by atoms with van der Waals surface area (Å²) < 4.78 is 4.14. The number of carbonyl (C=O) groups is 1. The van der Waals surface area contributed by atoms with E-state index in [2.05, 4.69) is 24.6 Å². The van der Waals surface area contributed by atoms with Gasteiger partial charge in [-0.1, -0.05) is 11.6 Å². The molecule has 4 heterocycles. The van der Waals surface area contributed by atoms with E-state index in [-0.39, 0.29) is 5.91 Å². The fraction of sp³-hybridized carbons (Fsp3) is 0.350. The van der Waals surface area contributed by atoms with Crippen molar-refractivity contribution in [2.24, 2.45) is 7.05 Å². The molecule has 1 aromatic carbocycles. The lowest BCUT2D eigenvalue weighted by atomic mass is 10.1. The van der Waals surface area contributed by atoms with Gasteiger partial charge in [0.2, 0.25) is 0 Å². The van der Waals surface area contributed by atoms with Crippen molar-refractivity contribution in [2.45, 2.75) is 26.1 Å². The lowest BCUT2D eigenvalue weighted by molar-refractivity contribution is 0.0698. The maximum atomic E-state index is 13.2. The van der Waals surface area contributed by atoms with Crippen molar-refractivity contribution in [1.82, 2.24) is 29.5 Å². The van der Waals surface area contributed by atoms with Gasteiger partial charge in [0.1, 0.15) is 5.69 Å². The summed E-state index contributed by atoms with van der Waals surface area (Å²) in [5.74, 6) is 1.68. The van der Waals surface area contributed by atoms with Crippen LogP contribution >= 0.6 is 11.6 Å². The van der Waals surface area contributed by atoms with Crippen molar-refractivity contribution in [3.63, 3.8) is 0 Å². The normalized spacial score (nSPS) is 16.0. The second kappa shape index (κ2) is 6.76. The average molecular weight is 397 g/mol. The van der Waals surface area contributed by atoms with E-state index >= 15 is 0 Å². The molecular formula is C20H21ClN6O. The van der Waals surface area contributed by atoms with Crippen LogP contribution in [0.15, 0.2) is 30.3 Å². The van der Waals surface area contributed by atoms with Crippen LogP contribution < -0.4 is 5.32 Å². The summed E-state index contributed by atoms with van der Waals surface area (Å²) in [6.45, 7) is 3.57. The quantitative estimate of drug-likeness (QED) is 0.721. The van der Waals surface area contributed by atoms with Crippen LogP contribution in [0.1, 0.15) is 27.6 Å². The minimum Gasteiger partial charge on any atom is -0.343 e. The molecule has 144 valence electrons. The molecule has 0 saturated carbocycles. The van der Waals surface area contributed by atoms with Gasteiger partial charge >= 0.3 is 0 Å². The number of hydrogen-bond donors (Lipinski definition) is 1. The summed E-state index contributed by atoms with van der Waals surface area (Å²) in [4.78, 5) is 15.0. The molecule has 1 amide bonds. The number of nitrogens with one attached hydrogen (secondary N) is 1. The third kappa shape index (κ3) is 2.82. The molecule has 7 nitrogen and oxygen atoms in total. The van der Waals surface area contributed by atoms with Crippen LogP contribution in [0, 0.1) is 0 Å². The maximum Gasteiger partial charge on any atom is 0.270 e. The average Bonchev–Trinajstić information content (AvgIpc) is 3.29. The van der Waals surface area contributed by atoms with E-state index in [9.17, 15) is 4.79 Å². The third-order valence-corrected chi connectivity index (χ3v) is 5.92. The predicted octanol–water partition coefficient (Wildman–Crippen LogP) is 2.24. The zero-order valence-electron chi connectivity index (χ0n) is 15.7. The van der Waals surface area contributed by atoms with Gasteiger partial charge in [-0.15, -0.1) is 10.2 Å². The first-order valence-electron chi connectivity index (χ1n) is 9.47. The molecule has 0 atom stereocenters. The smallest absolute Gasteiger partial charge is 0.270 e. The number of aromatic nitrogens is 4. The summed E-state index contributed by atoms with van der Waals surface area (Å²) >= 11 is 5.99. The van der Waals surface area contributed by atoms with E-state index in [4.69, 9.17) is 11.6 Å². The second-order valence-electron chi connectivity index (χ2n) is 7.31. The molecule has 1 N–H and O–H groups in total. The number of carbonyl (C=O) groups excluding carboxylic acids is 1. The van der Waals surface area contributed by atoms with E-state index < -0.39 is 0 Å². The Bertz CT molecular complexity index is 1050. The molecule has 28 heavy (non-hydrogen) atoms. The van der Waals surface area contributed by atoms with Crippen molar-refractivity contribution in [3.8, 4) is 11.4 Å². The van der Waals surface area contributed by atoms with Crippen LogP contribution in [0.4, 0.5) is 0 Å². The molecule has 0 aliphatic carbocycles. The van der Waals surface area contributed by atoms with E-state index in [1.54, 1.807) is 0 Å². The number of halogens is 1. The zero-order valence-corrected chi connectivity index (χ0v) is 16.4. The predicted molar refractivity (Wildman–Crippen MR) is 106 cm³/mol. The van der Waals surface area contributed by atoms with Gasteiger partial charge in [-0.3, -0.25) is 4.79 Å². The number of nitrogens with zero attached hydrogens (tertiary/aromatic N) is 5. The van der Waals surface area contributed by atoms with Gasteiger partial charge in [0.05, 0.1) is 6.54 Å². The van der Waals surface area contributed by atoms with Crippen LogP contribution in [0.3, 0.4) is 0 Å². The summed E-state index contributed by atoms with van der Waals surface area (Å²) in [6.07, 6.45) is 0.956. The molecule has 8 heteroatoms. The monoisotopic (exact) mass is 396 g/mol. The lowest BCUT2D eigenvalue weighted by Gasteiger charge is -2.28. The Morgan fingerprint density at radius 3 is 2.79 bits per heavy atom. The van der Waals surface area contributed by atoms with Gasteiger partial charge < -0.3 is 19.4 Å². The second-order valence-corrected chi connectivity index (χ2v) is 7.75. The summed E-state index contributed by atoms with van der Waals surface area (Å²) in [5.41, 5.74) is 4.21. The van der Waals surface area contributed by atoms with Gasteiger partial charge in [0.15, 0.2) is 11.6 Å². The minimum absolute atomic E-state index is 0.0548. The highest BCUT2D eigenvalue weighted by molar-refractivity contribution is 6.30. The molecule has 0 fully saturated rings. The van der Waals surface area contributed by atoms with Gasteiger partial charge in [-0.05, 0) is 35.9 Å². The van der Waals surface area contributed by atoms with Gasteiger partial charge in [-0.25, -0.2) is 0 Å². The van der Waals surface area contributed by atoms with E-state index in [0.717, 1.165) is 42.4 Å². The van der Waals surface area contributed by atoms with Crippen molar-refractivity contribution < 1.29 is 4.79 Å². The highest BCUT2D eigenvalue weighted by atomic mass is 35.5. The Morgan fingerprint density at radius 2 is 2.00 bits per heavy atom. The molecule has 0 saturated heterocycles. The molecule has 3 aromatic rings. The first-order chi connectivity index (χ1) is 13.6. The SMILES string of the molecule is Cn1c(C(=O)N2CCn3c(nnc3-c3ccc(Cl)cc3)C2)cc2c1CCNC2. The van der Waals surface area contributed by atoms with E-state index in [1.165, 1.54) is 11.3 Å². The van der Waals surface area contributed by atoms with E-state index in [1.807, 2.05) is 42.3 Å². The first-order valence-corrected chi connectivity index (χ1v) is 9.85. The largest absolute Gasteiger partial charge is 0.343 e. The van der Waals surface area contributed by atoms with Crippen LogP contribution in [0.25, 0.3) is 11.4 Å². The van der Waals surface area contributed by atoms with Crippen LogP contribution in [-0.2, 0) is 33.1 Å². The van der Waals surface area contributed by atoms with Crippen molar-refractivity contribution >= 4 is 17.5 Å². The molecular weight excluding hydrogens is 376 g/mol. The number of benzene rings is 1. The maximum absolute atomic E-state index is 13.2. The fourth-order valence-electron chi connectivity index (χ4n) is 4.13. The topological polar surface area (TPSA) is 68.0 Å². The van der Waals surface area contributed by atoms with Gasteiger partial charge in [0.25, 0.3) is 5.91 Å². The highest BCUT2D eigenvalue weighted by Crippen LogP contribution is 2.25. The van der Waals surface area contributed by atoms with Crippen molar-refractivity contribution in [3.05, 3.63) is 58.1 Å². The summed E-state index contributed by atoms with van der Waals surface area (Å²) in [5, 5.41) is 12.8. The zero-order chi connectivity index (χ0) is 19.3. The highest BCUT2D eigenvalue weighted by Gasteiger charge is 2.28. The molecule has 0 radical (unpaired) electrons. The summed E-state index contributed by atoms with van der Waals surface area (Å²) in [7, 11) is 1.99. The van der Waals surface area contributed by atoms with Crippen LogP contribution in [0.2, 0.25) is 5.02 Å². The Labute approximate surface area is 167 Å². The summed E-state index contributed by atoms with van der Waals surface area (Å²) in [6, 6.07) is 9.62. The number of hydrogen-bond acceptors (Lipinski definition) is 4. The number of amides is 1. The molecule has 5 rings (SSSR count). The molecule has 2 aliphatic rings. The van der Waals surface area contributed by atoms with Crippen molar-refractivity contribution in [2.75, 3.05) is 13.1 Å². The molecule has 0 unspecified atom stereocenters. The Kier molecular flexibility index (Phi) is 4.21. The Balaban J connectivity index is 1.40. The van der Waals surface area contributed by atoms with Crippen LogP contribution in [-0.4, -0.2) is 43.2 Å². The number of rotatable bonds is 2. The molecule has 0 spiro atoms. The standard InChI is InChI=1S/C20H21ClN6O/c1-25-16-6-7-22-11-14(16)10-17(25)20(28)26-8-9-27-18(12-26)23-24-19(27)13-2-4-15(21)5-3-13/h2-5,10,22H,6-9,11-12H2,1H3. The Morgan fingerprint density at radius 1 is 1.18 bits per heavy atom. The fourth-order valence-corrected chi connectivity index (χ4v) is 4.25. The number of fused-ring (bicyclic) bond motifs is 2. The van der Waals surface area contributed by atoms with Gasteiger partial charge in [0, 0.05) is 55.9 Å². The Hall–Kier alpha value is -2.64. The van der Waals surface area contributed by atoms with E-state index in [0.29, 0.717) is 24.7 Å².